The zero-order chi connectivity index (χ0) is 14.0. The Hall–Kier alpha value is -1.39. The summed E-state index contributed by atoms with van der Waals surface area (Å²) < 4.78 is 1.27. The molecule has 3 nitrogen and oxygen atoms in total. The smallest absolute Gasteiger partial charge is 0.234 e. The van der Waals surface area contributed by atoms with Gasteiger partial charge in [0.15, 0.2) is 0 Å². The predicted octanol–water partition coefficient (Wildman–Crippen LogP) is 3.06. The molecule has 0 spiro atoms. The normalized spacial score (nSPS) is 14.7. The van der Waals surface area contributed by atoms with Crippen molar-refractivity contribution >= 4 is 27.3 Å². The van der Waals surface area contributed by atoms with Gasteiger partial charge < -0.3 is 5.73 Å². The number of hydrogen-bond donors (Lipinski definition) is 2. The van der Waals surface area contributed by atoms with Crippen LogP contribution in [0.2, 0.25) is 0 Å². The van der Waals surface area contributed by atoms with Crippen molar-refractivity contribution in [3.8, 4) is 0 Å². The first-order valence-electron chi connectivity index (χ1n) is 6.53. The maximum absolute atomic E-state index is 11.4. The number of carbonyl (C=O) groups is 1. The molecule has 2 aromatic rings. The Bertz CT molecular complexity index is 543. The molecule has 0 aliphatic rings. The molecule has 0 saturated carbocycles. The van der Waals surface area contributed by atoms with Crippen LogP contribution in [0.1, 0.15) is 31.7 Å². The number of hydrogen-bond acceptors (Lipinski definition) is 3. The van der Waals surface area contributed by atoms with Crippen LogP contribution in [0.25, 0.3) is 10.1 Å². The first-order chi connectivity index (χ1) is 8.99. The highest BCUT2D eigenvalue weighted by Gasteiger charge is 2.22. The Morgan fingerprint density at radius 1 is 1.26 bits per heavy atom. The monoisotopic (exact) mass is 276 g/mol. The number of nitrogens with one attached hydrogen (secondary N) is 1. The summed E-state index contributed by atoms with van der Waals surface area (Å²) in [5.74, 6) is -0.0997. The lowest BCUT2D eigenvalue weighted by atomic mass is 10.0. The summed E-state index contributed by atoms with van der Waals surface area (Å²) in [7, 11) is 0. The van der Waals surface area contributed by atoms with E-state index >= 15 is 0 Å². The van der Waals surface area contributed by atoms with E-state index in [9.17, 15) is 4.79 Å². The SMILES string of the molecule is CC(NC(C(N)=O)C(C)C)c1cc2ccccc2s1. The van der Waals surface area contributed by atoms with E-state index in [0.717, 1.165) is 0 Å². The standard InChI is InChI=1S/C15H20N2OS/c1-9(2)14(15(16)18)17-10(3)13-8-11-6-4-5-7-12(11)19-13/h4-10,14,17H,1-3H3,(H2,16,18). The molecule has 0 saturated heterocycles. The van der Waals surface area contributed by atoms with E-state index in [1.165, 1.54) is 15.0 Å². The summed E-state index contributed by atoms with van der Waals surface area (Å²) in [6, 6.07) is 10.3. The van der Waals surface area contributed by atoms with Crippen molar-refractivity contribution < 1.29 is 4.79 Å². The zero-order valence-corrected chi connectivity index (χ0v) is 12.3. The molecule has 2 atom stereocenters. The van der Waals surface area contributed by atoms with E-state index in [0.29, 0.717) is 0 Å². The Labute approximate surface area is 117 Å². The van der Waals surface area contributed by atoms with Crippen molar-refractivity contribution in [2.24, 2.45) is 11.7 Å². The molecule has 4 heteroatoms. The summed E-state index contributed by atoms with van der Waals surface area (Å²) in [6.45, 7) is 6.07. The number of primary amides is 1. The molecule has 1 aromatic heterocycles. The second kappa shape index (κ2) is 5.72. The van der Waals surface area contributed by atoms with Gasteiger partial charge in [-0.2, -0.15) is 0 Å². The maximum atomic E-state index is 11.4. The van der Waals surface area contributed by atoms with Gasteiger partial charge in [-0.1, -0.05) is 32.0 Å². The van der Waals surface area contributed by atoms with Crippen LogP contribution in [0.5, 0.6) is 0 Å². The van der Waals surface area contributed by atoms with Gasteiger partial charge in [0.05, 0.1) is 6.04 Å². The van der Waals surface area contributed by atoms with Crippen LogP contribution in [0.4, 0.5) is 0 Å². The third kappa shape index (κ3) is 3.14. The maximum Gasteiger partial charge on any atom is 0.234 e. The molecule has 1 aromatic carbocycles. The molecule has 0 radical (unpaired) electrons. The Morgan fingerprint density at radius 3 is 2.53 bits per heavy atom. The fourth-order valence-corrected chi connectivity index (χ4v) is 3.25. The molecule has 0 fully saturated rings. The summed E-state index contributed by atoms with van der Waals surface area (Å²) >= 11 is 1.76. The van der Waals surface area contributed by atoms with E-state index in [1.807, 2.05) is 26.0 Å². The average Bonchev–Trinajstić information content (AvgIpc) is 2.78. The van der Waals surface area contributed by atoms with Crippen LogP contribution >= 0.6 is 11.3 Å². The van der Waals surface area contributed by atoms with Gasteiger partial charge in [0.25, 0.3) is 0 Å². The lowest BCUT2D eigenvalue weighted by Gasteiger charge is -2.23. The number of thiophene rings is 1. The van der Waals surface area contributed by atoms with Crippen molar-refractivity contribution in [2.45, 2.75) is 32.9 Å². The quantitative estimate of drug-likeness (QED) is 0.882. The van der Waals surface area contributed by atoms with Crippen molar-refractivity contribution in [2.75, 3.05) is 0 Å². The highest BCUT2D eigenvalue weighted by atomic mass is 32.1. The molecule has 1 amide bonds. The average molecular weight is 276 g/mol. The fourth-order valence-electron chi connectivity index (χ4n) is 2.17. The first kappa shape index (κ1) is 14.0. The number of benzene rings is 1. The van der Waals surface area contributed by atoms with Gasteiger partial charge in [0.2, 0.25) is 5.91 Å². The van der Waals surface area contributed by atoms with Crippen molar-refractivity contribution in [1.29, 1.82) is 0 Å². The number of carbonyl (C=O) groups excluding carboxylic acids is 1. The van der Waals surface area contributed by atoms with Gasteiger partial charge in [-0.15, -0.1) is 11.3 Å². The van der Waals surface area contributed by atoms with Gasteiger partial charge in [-0.3, -0.25) is 10.1 Å². The van der Waals surface area contributed by atoms with Gasteiger partial charge in [0, 0.05) is 15.6 Å². The van der Waals surface area contributed by atoms with Crippen LogP contribution in [0.3, 0.4) is 0 Å². The Morgan fingerprint density at radius 2 is 1.95 bits per heavy atom. The zero-order valence-electron chi connectivity index (χ0n) is 11.5. The van der Waals surface area contributed by atoms with Crippen LogP contribution < -0.4 is 11.1 Å². The molecule has 2 unspecified atom stereocenters. The van der Waals surface area contributed by atoms with Crippen molar-refractivity contribution in [3.05, 3.63) is 35.2 Å². The molecule has 0 aliphatic heterocycles. The summed E-state index contributed by atoms with van der Waals surface area (Å²) in [4.78, 5) is 12.7. The molecule has 0 bridgehead atoms. The van der Waals surface area contributed by atoms with Gasteiger partial charge >= 0.3 is 0 Å². The number of fused-ring (bicyclic) bond motifs is 1. The van der Waals surface area contributed by atoms with Gasteiger partial charge in [0.1, 0.15) is 0 Å². The summed E-state index contributed by atoms with van der Waals surface area (Å²) in [6.07, 6.45) is 0. The van der Waals surface area contributed by atoms with E-state index in [2.05, 4.69) is 30.4 Å². The summed E-state index contributed by atoms with van der Waals surface area (Å²) in [5.41, 5.74) is 5.44. The Kier molecular flexibility index (Phi) is 4.22. The number of rotatable bonds is 5. The van der Waals surface area contributed by atoms with E-state index in [-0.39, 0.29) is 23.9 Å². The molecule has 0 aliphatic carbocycles. The second-order valence-electron chi connectivity index (χ2n) is 5.20. The molecular formula is C15H20N2OS. The minimum atomic E-state index is -0.291. The first-order valence-corrected chi connectivity index (χ1v) is 7.34. The van der Waals surface area contributed by atoms with Crippen molar-refractivity contribution in [1.82, 2.24) is 5.32 Å². The molecular weight excluding hydrogens is 256 g/mol. The Balaban J connectivity index is 2.19. The highest BCUT2D eigenvalue weighted by molar-refractivity contribution is 7.19. The van der Waals surface area contributed by atoms with Crippen LogP contribution in [-0.4, -0.2) is 11.9 Å². The highest BCUT2D eigenvalue weighted by Crippen LogP contribution is 2.30. The number of nitrogens with two attached hydrogens (primary N) is 1. The minimum absolute atomic E-state index is 0.122. The van der Waals surface area contributed by atoms with Crippen LogP contribution in [0, 0.1) is 5.92 Å². The van der Waals surface area contributed by atoms with Gasteiger partial charge in [-0.25, -0.2) is 0 Å². The third-order valence-electron chi connectivity index (χ3n) is 3.27. The minimum Gasteiger partial charge on any atom is -0.368 e. The molecule has 1 heterocycles. The molecule has 2 rings (SSSR count). The topological polar surface area (TPSA) is 55.1 Å². The molecule has 3 N–H and O–H groups in total. The summed E-state index contributed by atoms with van der Waals surface area (Å²) in [5, 5.41) is 4.58. The third-order valence-corrected chi connectivity index (χ3v) is 4.57. The number of amides is 1. The van der Waals surface area contributed by atoms with E-state index in [4.69, 9.17) is 5.73 Å². The molecule has 19 heavy (non-hydrogen) atoms. The van der Waals surface area contributed by atoms with E-state index < -0.39 is 0 Å². The lowest BCUT2D eigenvalue weighted by molar-refractivity contribution is -0.121. The fraction of sp³-hybridized carbons (Fsp3) is 0.400. The van der Waals surface area contributed by atoms with Gasteiger partial charge in [-0.05, 0) is 30.4 Å². The lowest BCUT2D eigenvalue weighted by Crippen LogP contribution is -2.45. The second-order valence-corrected chi connectivity index (χ2v) is 6.31. The molecule has 102 valence electrons. The predicted molar refractivity (Wildman–Crippen MR) is 81.2 cm³/mol. The van der Waals surface area contributed by atoms with Crippen LogP contribution in [-0.2, 0) is 4.79 Å². The van der Waals surface area contributed by atoms with E-state index in [1.54, 1.807) is 11.3 Å². The largest absolute Gasteiger partial charge is 0.368 e. The van der Waals surface area contributed by atoms with Crippen molar-refractivity contribution in [3.63, 3.8) is 0 Å². The van der Waals surface area contributed by atoms with Crippen LogP contribution in [0.15, 0.2) is 30.3 Å².